The van der Waals surface area contributed by atoms with Gasteiger partial charge in [-0.1, -0.05) is 24.3 Å². The number of hydrogen-bond acceptors (Lipinski definition) is 5. The average Bonchev–Trinajstić information content (AvgIpc) is 3.67. The quantitative estimate of drug-likeness (QED) is 0.483. The molecule has 5 rings (SSSR count). The molecule has 0 spiro atoms. The summed E-state index contributed by atoms with van der Waals surface area (Å²) in [7, 11) is 1.66. The second-order valence-electron chi connectivity index (χ2n) is 10.7. The summed E-state index contributed by atoms with van der Waals surface area (Å²) in [6.45, 7) is 6.91. The van der Waals surface area contributed by atoms with E-state index in [1.807, 2.05) is 62.1 Å². The summed E-state index contributed by atoms with van der Waals surface area (Å²) in [5, 5.41) is 1.10. The molecule has 8 nitrogen and oxygen atoms in total. The fraction of sp³-hybridized carbons (Fsp3) is 0.448. The van der Waals surface area contributed by atoms with Gasteiger partial charge in [0.25, 0.3) is 5.91 Å². The molecular weight excluding hydrogens is 470 g/mol. The van der Waals surface area contributed by atoms with Gasteiger partial charge in [0, 0.05) is 42.5 Å². The Morgan fingerprint density at radius 3 is 2.62 bits per heavy atom. The first-order valence-corrected chi connectivity index (χ1v) is 12.9. The van der Waals surface area contributed by atoms with Crippen LogP contribution in [0.1, 0.15) is 39.2 Å². The van der Waals surface area contributed by atoms with Crippen LogP contribution < -0.4 is 4.74 Å². The summed E-state index contributed by atoms with van der Waals surface area (Å²) in [6.07, 6.45) is 2.95. The first-order chi connectivity index (χ1) is 17.7. The second-order valence-corrected chi connectivity index (χ2v) is 10.7. The molecule has 1 aromatic heterocycles. The number of morpholine rings is 1. The van der Waals surface area contributed by atoms with E-state index in [2.05, 4.69) is 22.9 Å². The number of amides is 2. The maximum atomic E-state index is 13.7. The molecule has 196 valence electrons. The standard InChI is InChI=1S/C29H35N3O5/c1-29(2,3)37-28(34)30-14-15-36-26(19-30)27(33)32(21-12-13-21)18-20-17-31(25-11-6-5-10-24(20)25)22-8-7-9-23(16-22)35-4/h5-11,16-17,21,26H,12-15,18-19H2,1-4H3. The van der Waals surface area contributed by atoms with Crippen LogP contribution in [0.3, 0.4) is 0 Å². The number of ether oxygens (including phenoxy) is 3. The summed E-state index contributed by atoms with van der Waals surface area (Å²) < 4.78 is 19.0. The molecule has 1 aliphatic carbocycles. The lowest BCUT2D eigenvalue weighted by molar-refractivity contribution is -0.150. The van der Waals surface area contributed by atoms with Gasteiger partial charge in [-0.2, -0.15) is 0 Å². The Hall–Kier alpha value is -3.52. The van der Waals surface area contributed by atoms with Gasteiger partial charge in [-0.25, -0.2) is 4.79 Å². The monoisotopic (exact) mass is 505 g/mol. The zero-order valence-electron chi connectivity index (χ0n) is 22.0. The number of carbonyl (C=O) groups excluding carboxylic acids is 2. The van der Waals surface area contributed by atoms with Gasteiger partial charge < -0.3 is 28.6 Å². The third-order valence-corrected chi connectivity index (χ3v) is 6.73. The van der Waals surface area contributed by atoms with Crippen molar-refractivity contribution >= 4 is 22.9 Å². The van der Waals surface area contributed by atoms with Crippen LogP contribution in [0.25, 0.3) is 16.6 Å². The molecule has 2 amide bonds. The maximum Gasteiger partial charge on any atom is 0.410 e. The Kier molecular flexibility index (Phi) is 6.86. The predicted octanol–water partition coefficient (Wildman–Crippen LogP) is 4.77. The van der Waals surface area contributed by atoms with E-state index in [-0.39, 0.29) is 18.5 Å². The molecule has 8 heteroatoms. The zero-order valence-corrected chi connectivity index (χ0v) is 22.0. The van der Waals surface area contributed by atoms with Crippen molar-refractivity contribution in [3.05, 3.63) is 60.3 Å². The molecule has 0 N–H and O–H groups in total. The van der Waals surface area contributed by atoms with E-state index in [0.717, 1.165) is 40.7 Å². The lowest BCUT2D eigenvalue weighted by atomic mass is 10.1. The molecule has 37 heavy (non-hydrogen) atoms. The highest BCUT2D eigenvalue weighted by atomic mass is 16.6. The SMILES string of the molecule is COc1cccc(-n2cc(CN(C(=O)C3CN(C(=O)OC(C)(C)C)CCO3)C3CC3)c3ccccc32)c1. The number of methoxy groups -OCH3 is 1. The van der Waals surface area contributed by atoms with E-state index in [0.29, 0.717) is 19.7 Å². The largest absolute Gasteiger partial charge is 0.497 e. The minimum absolute atomic E-state index is 0.0750. The van der Waals surface area contributed by atoms with E-state index < -0.39 is 17.8 Å². The summed E-state index contributed by atoms with van der Waals surface area (Å²) in [4.78, 5) is 29.9. The molecule has 2 fully saturated rings. The van der Waals surface area contributed by atoms with Crippen LogP contribution in [0.5, 0.6) is 5.75 Å². The predicted molar refractivity (Wildman–Crippen MR) is 141 cm³/mol. The number of benzene rings is 2. The molecule has 1 saturated carbocycles. The van der Waals surface area contributed by atoms with Crippen molar-refractivity contribution in [1.82, 2.24) is 14.4 Å². The summed E-state index contributed by atoms with van der Waals surface area (Å²) >= 11 is 0. The van der Waals surface area contributed by atoms with Crippen LogP contribution in [0.15, 0.2) is 54.7 Å². The summed E-state index contributed by atoms with van der Waals surface area (Å²) in [6, 6.07) is 16.4. The van der Waals surface area contributed by atoms with Crippen molar-refractivity contribution in [2.45, 2.75) is 57.9 Å². The minimum Gasteiger partial charge on any atom is -0.497 e. The Morgan fingerprint density at radius 2 is 1.89 bits per heavy atom. The molecule has 0 radical (unpaired) electrons. The lowest BCUT2D eigenvalue weighted by Gasteiger charge is -2.35. The van der Waals surface area contributed by atoms with E-state index in [1.54, 1.807) is 12.0 Å². The van der Waals surface area contributed by atoms with Gasteiger partial charge in [0.05, 0.1) is 25.8 Å². The highest BCUT2D eigenvalue weighted by molar-refractivity contribution is 5.87. The van der Waals surface area contributed by atoms with E-state index in [4.69, 9.17) is 14.2 Å². The summed E-state index contributed by atoms with van der Waals surface area (Å²) in [5.74, 6) is 0.713. The van der Waals surface area contributed by atoms with Gasteiger partial charge in [0.1, 0.15) is 11.4 Å². The number of carbonyl (C=O) groups is 2. The van der Waals surface area contributed by atoms with E-state index in [9.17, 15) is 9.59 Å². The van der Waals surface area contributed by atoms with Crippen molar-refractivity contribution < 1.29 is 23.8 Å². The van der Waals surface area contributed by atoms with Crippen molar-refractivity contribution in [3.63, 3.8) is 0 Å². The van der Waals surface area contributed by atoms with Crippen LogP contribution in [-0.4, -0.2) is 70.9 Å². The Morgan fingerprint density at radius 1 is 1.11 bits per heavy atom. The maximum absolute atomic E-state index is 13.7. The molecule has 2 heterocycles. The van der Waals surface area contributed by atoms with E-state index in [1.165, 1.54) is 0 Å². The smallest absolute Gasteiger partial charge is 0.410 e. The van der Waals surface area contributed by atoms with Crippen LogP contribution >= 0.6 is 0 Å². The average molecular weight is 506 g/mol. The molecule has 2 aromatic carbocycles. The lowest BCUT2D eigenvalue weighted by Crippen LogP contribution is -2.53. The Labute approximate surface area is 217 Å². The molecule has 2 aliphatic rings. The van der Waals surface area contributed by atoms with Crippen molar-refractivity contribution in [1.29, 1.82) is 0 Å². The van der Waals surface area contributed by atoms with Gasteiger partial charge in [-0.05, 0) is 57.4 Å². The van der Waals surface area contributed by atoms with Gasteiger partial charge in [-0.15, -0.1) is 0 Å². The van der Waals surface area contributed by atoms with E-state index >= 15 is 0 Å². The van der Waals surface area contributed by atoms with Crippen LogP contribution in [0, 0.1) is 0 Å². The minimum atomic E-state index is -0.700. The fourth-order valence-electron chi connectivity index (χ4n) is 4.78. The zero-order chi connectivity index (χ0) is 26.2. The molecule has 3 aromatic rings. The molecule has 1 saturated heterocycles. The fourth-order valence-corrected chi connectivity index (χ4v) is 4.78. The molecule has 1 aliphatic heterocycles. The molecule has 1 atom stereocenters. The first kappa shape index (κ1) is 25.1. The van der Waals surface area contributed by atoms with Gasteiger partial charge in [0.15, 0.2) is 6.10 Å². The normalized spacial score (nSPS) is 18.1. The molecule has 1 unspecified atom stereocenters. The summed E-state index contributed by atoms with van der Waals surface area (Å²) in [5.41, 5.74) is 2.54. The van der Waals surface area contributed by atoms with Crippen molar-refractivity contribution in [2.75, 3.05) is 26.8 Å². The van der Waals surface area contributed by atoms with Gasteiger partial charge in [-0.3, -0.25) is 4.79 Å². The third kappa shape index (κ3) is 5.59. The number of fused-ring (bicyclic) bond motifs is 1. The number of aromatic nitrogens is 1. The van der Waals surface area contributed by atoms with Crippen LogP contribution in [-0.2, 0) is 20.8 Å². The Bertz CT molecular complexity index is 1290. The van der Waals surface area contributed by atoms with Crippen molar-refractivity contribution in [2.24, 2.45) is 0 Å². The van der Waals surface area contributed by atoms with Gasteiger partial charge >= 0.3 is 6.09 Å². The topological polar surface area (TPSA) is 73.2 Å². The second kappa shape index (κ2) is 10.1. The third-order valence-electron chi connectivity index (χ3n) is 6.73. The van der Waals surface area contributed by atoms with Gasteiger partial charge in [0.2, 0.25) is 0 Å². The highest BCUT2D eigenvalue weighted by Gasteiger charge is 2.39. The molecular formula is C29H35N3O5. The Balaban J connectivity index is 1.39. The van der Waals surface area contributed by atoms with Crippen LogP contribution in [0.4, 0.5) is 4.79 Å². The highest BCUT2D eigenvalue weighted by Crippen LogP contribution is 2.33. The molecule has 0 bridgehead atoms. The number of hydrogen-bond donors (Lipinski definition) is 0. The number of nitrogens with zero attached hydrogens (tertiary/aromatic N) is 3. The number of para-hydroxylation sites is 1. The van der Waals surface area contributed by atoms with Crippen LogP contribution in [0.2, 0.25) is 0 Å². The van der Waals surface area contributed by atoms with Crippen molar-refractivity contribution in [3.8, 4) is 11.4 Å². The number of rotatable bonds is 6. The first-order valence-electron chi connectivity index (χ1n) is 12.9.